The zero-order chi connectivity index (χ0) is 17.9. The molecular formula is C17H42N6. The first-order valence-electron chi connectivity index (χ1n) is 9.00. The van der Waals surface area contributed by atoms with Gasteiger partial charge in [0.05, 0.1) is 0 Å². The minimum Gasteiger partial charge on any atom is -0.318 e. The summed E-state index contributed by atoms with van der Waals surface area (Å²) in [6.07, 6.45) is 5.10. The van der Waals surface area contributed by atoms with Crippen molar-refractivity contribution in [3.8, 4) is 0 Å². The molecule has 23 heavy (non-hydrogen) atoms. The Morgan fingerprint density at radius 1 is 1.00 bits per heavy atom. The van der Waals surface area contributed by atoms with Crippen molar-refractivity contribution < 1.29 is 0 Å². The third-order valence-corrected chi connectivity index (χ3v) is 4.81. The van der Waals surface area contributed by atoms with Gasteiger partial charge in [0.25, 0.3) is 0 Å². The average molecular weight is 331 g/mol. The molecule has 6 nitrogen and oxygen atoms in total. The van der Waals surface area contributed by atoms with Gasteiger partial charge in [0.2, 0.25) is 0 Å². The maximum absolute atomic E-state index is 5.08. The summed E-state index contributed by atoms with van der Waals surface area (Å²) in [6, 6.07) is 0.688. The van der Waals surface area contributed by atoms with E-state index in [-0.39, 0.29) is 0 Å². The van der Waals surface area contributed by atoms with Crippen LogP contribution in [0.15, 0.2) is 0 Å². The Balaban J connectivity index is 0.000000585. The van der Waals surface area contributed by atoms with E-state index >= 15 is 0 Å². The van der Waals surface area contributed by atoms with Gasteiger partial charge >= 0.3 is 0 Å². The predicted octanol–water partition coefficient (Wildman–Crippen LogP) is 0.983. The van der Waals surface area contributed by atoms with Gasteiger partial charge < -0.3 is 16.8 Å². The standard InChI is InChI=1S/C14H30N2.C3H12N4/c1-7-8-9-15-12-10-13(2,3)16(6)14(4,5)11-12;4-1-6-3-7-2-5/h12,15H,7-11H2,1-6H3;6-7H,1-5H2. The van der Waals surface area contributed by atoms with E-state index in [0.29, 0.717) is 37.1 Å². The number of piperidine rings is 1. The Hall–Kier alpha value is -0.240. The number of nitrogens with two attached hydrogens (primary N) is 2. The lowest BCUT2D eigenvalue weighted by atomic mass is 9.77. The Morgan fingerprint density at radius 2 is 1.48 bits per heavy atom. The fourth-order valence-corrected chi connectivity index (χ4v) is 3.23. The molecule has 0 aliphatic carbocycles. The number of unbranched alkanes of at least 4 members (excludes halogenated alkanes) is 1. The highest BCUT2D eigenvalue weighted by Crippen LogP contribution is 2.36. The maximum Gasteiger partial charge on any atom is 0.0474 e. The molecule has 0 amide bonds. The minimum absolute atomic E-state index is 0.311. The third kappa shape index (κ3) is 8.98. The molecule has 140 valence electrons. The van der Waals surface area contributed by atoms with Gasteiger partial charge in [0.15, 0.2) is 0 Å². The summed E-state index contributed by atoms with van der Waals surface area (Å²) in [5.41, 5.74) is 10.8. The average Bonchev–Trinajstić information content (AvgIpc) is 2.46. The Labute approximate surface area is 144 Å². The van der Waals surface area contributed by atoms with E-state index in [2.05, 4.69) is 62.5 Å². The molecule has 1 aliphatic heterocycles. The van der Waals surface area contributed by atoms with Gasteiger partial charge in [0, 0.05) is 37.1 Å². The fraction of sp³-hybridized carbons (Fsp3) is 1.00. The molecule has 6 heteroatoms. The summed E-state index contributed by atoms with van der Waals surface area (Å²) in [6.45, 7) is 14.6. The lowest BCUT2D eigenvalue weighted by Crippen LogP contribution is -2.62. The normalized spacial score (nSPS) is 20.9. The molecule has 0 radical (unpaired) electrons. The van der Waals surface area contributed by atoms with Gasteiger partial charge in [-0.1, -0.05) is 13.3 Å². The topological polar surface area (TPSA) is 91.4 Å². The largest absolute Gasteiger partial charge is 0.318 e. The van der Waals surface area contributed by atoms with Crippen LogP contribution in [0.4, 0.5) is 0 Å². The van der Waals surface area contributed by atoms with E-state index in [0.717, 1.165) is 0 Å². The molecule has 1 rings (SSSR count). The summed E-state index contributed by atoms with van der Waals surface area (Å²) < 4.78 is 0. The van der Waals surface area contributed by atoms with E-state index < -0.39 is 0 Å². The maximum atomic E-state index is 5.08. The van der Waals surface area contributed by atoms with Gasteiger partial charge in [-0.3, -0.25) is 15.5 Å². The SMILES string of the molecule is CCCCNC1CC(C)(C)N(C)C(C)(C)C1.NCNCNCN. The quantitative estimate of drug-likeness (QED) is 0.337. The van der Waals surface area contributed by atoms with Gasteiger partial charge in [-0.05, 0) is 60.5 Å². The first-order chi connectivity index (χ1) is 10.7. The van der Waals surface area contributed by atoms with Crippen LogP contribution in [0, 0.1) is 0 Å². The van der Waals surface area contributed by atoms with Crippen LogP contribution in [0.3, 0.4) is 0 Å². The number of hydrogen-bond donors (Lipinski definition) is 5. The second kappa shape index (κ2) is 11.3. The van der Waals surface area contributed by atoms with Crippen molar-refractivity contribution in [2.45, 2.75) is 77.4 Å². The molecule has 0 aromatic carbocycles. The summed E-state index contributed by atoms with van der Waals surface area (Å²) in [5.74, 6) is 0. The highest BCUT2D eigenvalue weighted by atomic mass is 15.2. The highest BCUT2D eigenvalue weighted by molar-refractivity contribution is 5.00. The van der Waals surface area contributed by atoms with Crippen molar-refractivity contribution in [2.75, 3.05) is 33.6 Å². The molecule has 0 unspecified atom stereocenters. The summed E-state index contributed by atoms with van der Waals surface area (Å²) in [5, 5.41) is 9.40. The molecule has 0 aromatic heterocycles. The number of nitrogens with zero attached hydrogens (tertiary/aromatic N) is 1. The van der Waals surface area contributed by atoms with Crippen molar-refractivity contribution in [1.82, 2.24) is 20.9 Å². The first-order valence-corrected chi connectivity index (χ1v) is 9.00. The van der Waals surface area contributed by atoms with Crippen molar-refractivity contribution in [3.05, 3.63) is 0 Å². The van der Waals surface area contributed by atoms with Crippen molar-refractivity contribution in [3.63, 3.8) is 0 Å². The van der Waals surface area contributed by atoms with Gasteiger partial charge in [0.1, 0.15) is 0 Å². The predicted molar refractivity (Wildman–Crippen MR) is 101 cm³/mol. The minimum atomic E-state index is 0.311. The van der Waals surface area contributed by atoms with Crippen LogP contribution in [0.5, 0.6) is 0 Å². The Kier molecular flexibility index (Phi) is 11.2. The van der Waals surface area contributed by atoms with Crippen molar-refractivity contribution in [1.29, 1.82) is 0 Å². The summed E-state index contributed by atoms with van der Waals surface area (Å²) in [7, 11) is 2.27. The Bertz CT molecular complexity index is 271. The van der Waals surface area contributed by atoms with Crippen LogP contribution in [0.25, 0.3) is 0 Å². The third-order valence-electron chi connectivity index (χ3n) is 4.81. The van der Waals surface area contributed by atoms with E-state index in [4.69, 9.17) is 11.5 Å². The van der Waals surface area contributed by atoms with E-state index in [9.17, 15) is 0 Å². The molecular weight excluding hydrogens is 288 g/mol. The van der Waals surface area contributed by atoms with Gasteiger partial charge in [-0.25, -0.2) is 0 Å². The molecule has 0 bridgehead atoms. The second-order valence-electron chi connectivity index (χ2n) is 7.68. The molecule has 1 heterocycles. The summed E-state index contributed by atoms with van der Waals surface area (Å²) in [4.78, 5) is 2.54. The first kappa shape index (κ1) is 22.8. The van der Waals surface area contributed by atoms with Crippen LogP contribution in [-0.4, -0.2) is 55.6 Å². The number of rotatable bonds is 8. The van der Waals surface area contributed by atoms with Crippen LogP contribution < -0.4 is 27.4 Å². The fourth-order valence-electron chi connectivity index (χ4n) is 3.23. The van der Waals surface area contributed by atoms with Crippen LogP contribution >= 0.6 is 0 Å². The monoisotopic (exact) mass is 330 g/mol. The van der Waals surface area contributed by atoms with E-state index in [1.54, 1.807) is 0 Å². The molecule has 1 aliphatic rings. The second-order valence-corrected chi connectivity index (χ2v) is 7.68. The number of likely N-dealkylation sites (tertiary alicyclic amines) is 1. The smallest absolute Gasteiger partial charge is 0.0474 e. The zero-order valence-electron chi connectivity index (χ0n) is 16.3. The van der Waals surface area contributed by atoms with Crippen molar-refractivity contribution in [2.24, 2.45) is 11.5 Å². The van der Waals surface area contributed by atoms with Crippen LogP contribution in [-0.2, 0) is 0 Å². The van der Waals surface area contributed by atoms with Crippen LogP contribution in [0.1, 0.15) is 60.3 Å². The van der Waals surface area contributed by atoms with Gasteiger partial charge in [-0.2, -0.15) is 0 Å². The molecule has 0 spiro atoms. The van der Waals surface area contributed by atoms with Crippen molar-refractivity contribution >= 4 is 0 Å². The number of hydrogen-bond acceptors (Lipinski definition) is 6. The molecule has 0 aromatic rings. The number of nitrogens with one attached hydrogen (secondary N) is 3. The lowest BCUT2D eigenvalue weighted by Gasteiger charge is -2.53. The zero-order valence-corrected chi connectivity index (χ0v) is 16.3. The molecule has 1 fully saturated rings. The molecule has 7 N–H and O–H groups in total. The van der Waals surface area contributed by atoms with Gasteiger partial charge in [-0.15, -0.1) is 0 Å². The molecule has 0 saturated carbocycles. The highest BCUT2D eigenvalue weighted by Gasteiger charge is 2.42. The molecule has 1 saturated heterocycles. The van der Waals surface area contributed by atoms with Crippen LogP contribution in [0.2, 0.25) is 0 Å². The lowest BCUT2D eigenvalue weighted by molar-refractivity contribution is -0.0180. The summed E-state index contributed by atoms with van der Waals surface area (Å²) >= 11 is 0. The van der Waals surface area contributed by atoms with E-state index in [1.165, 1.54) is 32.2 Å². The van der Waals surface area contributed by atoms with E-state index in [1.807, 2.05) is 0 Å². The molecule has 0 atom stereocenters. The Morgan fingerprint density at radius 3 is 1.87 bits per heavy atom.